The SMILES string of the molecule is CN=C(NS(=O)(=O)c1ccc(Cl)cc1)C1=NN(c2ccc(Cl)cc2)C(c2ccccc2)C1. The molecule has 0 saturated heterocycles. The van der Waals surface area contributed by atoms with Gasteiger partial charge in [0.25, 0.3) is 10.0 Å². The quantitative estimate of drug-likeness (QED) is 0.392. The summed E-state index contributed by atoms with van der Waals surface area (Å²) in [5.41, 5.74) is 2.43. The molecule has 0 spiro atoms. The van der Waals surface area contributed by atoms with Crippen molar-refractivity contribution in [3.8, 4) is 0 Å². The molecule has 0 amide bonds. The molecule has 164 valence electrons. The van der Waals surface area contributed by atoms with E-state index >= 15 is 0 Å². The molecule has 6 nitrogen and oxygen atoms in total. The van der Waals surface area contributed by atoms with Gasteiger partial charge in [-0.1, -0.05) is 53.5 Å². The number of amidine groups is 1. The van der Waals surface area contributed by atoms with Crippen molar-refractivity contribution < 1.29 is 8.42 Å². The van der Waals surface area contributed by atoms with Gasteiger partial charge in [-0.2, -0.15) is 5.10 Å². The minimum atomic E-state index is -3.85. The number of halogens is 2. The van der Waals surface area contributed by atoms with Crippen LogP contribution < -0.4 is 9.73 Å². The molecule has 3 aromatic rings. The van der Waals surface area contributed by atoms with Crippen LogP contribution in [0.5, 0.6) is 0 Å². The van der Waals surface area contributed by atoms with E-state index in [9.17, 15) is 8.42 Å². The van der Waals surface area contributed by atoms with E-state index in [-0.39, 0.29) is 16.8 Å². The normalized spacial score (nSPS) is 16.7. The molecule has 1 aliphatic rings. The van der Waals surface area contributed by atoms with Crippen LogP contribution in [0.4, 0.5) is 5.69 Å². The summed E-state index contributed by atoms with van der Waals surface area (Å²) in [6.07, 6.45) is 0.475. The fraction of sp³-hybridized carbons (Fsp3) is 0.130. The maximum absolute atomic E-state index is 12.9. The molecule has 1 heterocycles. The first kappa shape index (κ1) is 22.3. The monoisotopic (exact) mass is 486 g/mol. The van der Waals surface area contributed by atoms with E-state index in [0.717, 1.165) is 11.3 Å². The Kier molecular flexibility index (Phi) is 6.50. The Morgan fingerprint density at radius 3 is 2.16 bits per heavy atom. The molecule has 0 aliphatic carbocycles. The summed E-state index contributed by atoms with van der Waals surface area (Å²) in [7, 11) is -2.32. The average Bonchev–Trinajstić information content (AvgIpc) is 3.24. The van der Waals surface area contributed by atoms with Crippen LogP contribution in [0.25, 0.3) is 0 Å². The van der Waals surface area contributed by atoms with E-state index < -0.39 is 10.0 Å². The molecule has 0 fully saturated rings. The van der Waals surface area contributed by atoms with Gasteiger partial charge >= 0.3 is 0 Å². The van der Waals surface area contributed by atoms with E-state index in [2.05, 4.69) is 9.71 Å². The number of aliphatic imine (C=N–C) groups is 1. The van der Waals surface area contributed by atoms with Crippen LogP contribution in [0.3, 0.4) is 0 Å². The second-order valence-electron chi connectivity index (χ2n) is 7.13. The summed E-state index contributed by atoms with van der Waals surface area (Å²) < 4.78 is 28.4. The topological polar surface area (TPSA) is 74.1 Å². The van der Waals surface area contributed by atoms with Gasteiger partial charge in [0.05, 0.1) is 16.6 Å². The number of hydrazone groups is 1. The summed E-state index contributed by atoms with van der Waals surface area (Å²) in [5.74, 6) is 0.192. The van der Waals surface area contributed by atoms with E-state index in [4.69, 9.17) is 28.3 Å². The molecule has 1 atom stereocenters. The number of nitrogens with zero attached hydrogens (tertiary/aromatic N) is 3. The molecule has 0 aromatic heterocycles. The lowest BCUT2D eigenvalue weighted by Crippen LogP contribution is -2.35. The van der Waals surface area contributed by atoms with Gasteiger partial charge in [-0.05, 0) is 54.1 Å². The van der Waals surface area contributed by atoms with Crippen LogP contribution in [0.15, 0.2) is 93.9 Å². The zero-order valence-corrected chi connectivity index (χ0v) is 19.4. The van der Waals surface area contributed by atoms with Gasteiger partial charge in [-0.15, -0.1) is 0 Å². The lowest BCUT2D eigenvalue weighted by atomic mass is 10.0. The molecule has 3 aromatic carbocycles. The smallest absolute Gasteiger partial charge is 0.263 e. The zero-order chi connectivity index (χ0) is 22.7. The van der Waals surface area contributed by atoms with Crippen molar-refractivity contribution >= 4 is 50.5 Å². The van der Waals surface area contributed by atoms with Crippen molar-refractivity contribution in [3.05, 3.63) is 94.5 Å². The molecular formula is C23H20Cl2N4O2S. The Labute approximate surface area is 197 Å². The van der Waals surface area contributed by atoms with Crippen LogP contribution in [-0.2, 0) is 10.0 Å². The predicted octanol–water partition coefficient (Wildman–Crippen LogP) is 5.31. The number of sulfonamides is 1. The Hall–Kier alpha value is -2.87. The van der Waals surface area contributed by atoms with E-state index in [1.165, 1.54) is 31.3 Å². The first-order valence-corrected chi connectivity index (χ1v) is 12.0. The van der Waals surface area contributed by atoms with Gasteiger partial charge in [-0.25, -0.2) is 8.42 Å². The third kappa shape index (κ3) is 4.80. The third-order valence-electron chi connectivity index (χ3n) is 5.04. The second kappa shape index (κ2) is 9.32. The summed E-state index contributed by atoms with van der Waals surface area (Å²) in [5, 5.41) is 7.68. The molecular weight excluding hydrogens is 467 g/mol. The number of rotatable bonds is 5. The van der Waals surface area contributed by atoms with Crippen LogP contribution in [0, 0.1) is 0 Å². The fourth-order valence-corrected chi connectivity index (χ4v) is 4.78. The maximum atomic E-state index is 12.9. The lowest BCUT2D eigenvalue weighted by Gasteiger charge is -2.24. The largest absolute Gasteiger partial charge is 0.270 e. The van der Waals surface area contributed by atoms with Crippen molar-refractivity contribution in [2.24, 2.45) is 10.1 Å². The highest BCUT2D eigenvalue weighted by Gasteiger charge is 2.32. The number of hydrogen-bond donors (Lipinski definition) is 1. The Morgan fingerprint density at radius 2 is 1.56 bits per heavy atom. The van der Waals surface area contributed by atoms with Crippen molar-refractivity contribution in [2.45, 2.75) is 17.4 Å². The standard InChI is InChI=1S/C23H20Cl2N4O2S/c1-26-23(28-32(30,31)20-13-9-18(25)10-14-20)21-15-22(16-5-3-2-4-6-16)29(27-21)19-11-7-17(24)8-12-19/h2-14,22H,15H2,1H3,(H,26,28). The Morgan fingerprint density at radius 1 is 0.969 bits per heavy atom. The molecule has 0 saturated carbocycles. The van der Waals surface area contributed by atoms with Crippen LogP contribution in [0.2, 0.25) is 10.0 Å². The minimum absolute atomic E-state index is 0.0933. The summed E-state index contributed by atoms with van der Waals surface area (Å²) in [4.78, 5) is 4.28. The van der Waals surface area contributed by atoms with Crippen LogP contribution in [-0.4, -0.2) is 27.0 Å². The van der Waals surface area contributed by atoms with Gasteiger partial charge in [0.1, 0.15) is 5.71 Å². The van der Waals surface area contributed by atoms with Crippen molar-refractivity contribution in [1.82, 2.24) is 4.72 Å². The van der Waals surface area contributed by atoms with E-state index in [1.54, 1.807) is 12.1 Å². The van der Waals surface area contributed by atoms with Gasteiger partial charge in [0, 0.05) is 23.5 Å². The first-order valence-electron chi connectivity index (χ1n) is 9.80. The van der Waals surface area contributed by atoms with Crippen LogP contribution >= 0.6 is 23.2 Å². The highest BCUT2D eigenvalue weighted by atomic mass is 35.5. The Balaban J connectivity index is 1.67. The number of benzene rings is 3. The molecule has 0 radical (unpaired) electrons. The summed E-state index contributed by atoms with van der Waals surface area (Å²) in [6.45, 7) is 0. The molecule has 1 N–H and O–H groups in total. The van der Waals surface area contributed by atoms with Crippen molar-refractivity contribution in [3.63, 3.8) is 0 Å². The molecule has 4 rings (SSSR count). The maximum Gasteiger partial charge on any atom is 0.263 e. The summed E-state index contributed by atoms with van der Waals surface area (Å²) in [6, 6.07) is 23.1. The van der Waals surface area contributed by atoms with E-state index in [1.807, 2.05) is 47.5 Å². The van der Waals surface area contributed by atoms with Gasteiger partial charge in [-0.3, -0.25) is 14.7 Å². The number of nitrogens with one attached hydrogen (secondary N) is 1. The fourth-order valence-electron chi connectivity index (χ4n) is 3.45. The van der Waals surface area contributed by atoms with Gasteiger partial charge in [0.2, 0.25) is 0 Å². The molecule has 32 heavy (non-hydrogen) atoms. The first-order chi connectivity index (χ1) is 15.4. The van der Waals surface area contributed by atoms with E-state index in [0.29, 0.717) is 22.2 Å². The van der Waals surface area contributed by atoms with Crippen molar-refractivity contribution in [2.75, 3.05) is 12.1 Å². The highest BCUT2D eigenvalue weighted by molar-refractivity contribution is 7.90. The molecule has 1 aliphatic heterocycles. The molecule has 0 bridgehead atoms. The number of hydrogen-bond acceptors (Lipinski definition) is 5. The second-order valence-corrected chi connectivity index (χ2v) is 9.69. The zero-order valence-electron chi connectivity index (χ0n) is 17.1. The average molecular weight is 487 g/mol. The molecule has 1 unspecified atom stereocenters. The number of anilines is 1. The molecule has 9 heteroatoms. The predicted molar refractivity (Wildman–Crippen MR) is 130 cm³/mol. The Bertz CT molecular complexity index is 1260. The summed E-state index contributed by atoms with van der Waals surface area (Å²) >= 11 is 11.9. The van der Waals surface area contributed by atoms with Crippen LogP contribution in [0.1, 0.15) is 18.0 Å². The minimum Gasteiger partial charge on any atom is -0.270 e. The highest BCUT2D eigenvalue weighted by Crippen LogP contribution is 2.35. The van der Waals surface area contributed by atoms with Gasteiger partial charge < -0.3 is 0 Å². The van der Waals surface area contributed by atoms with Crippen molar-refractivity contribution in [1.29, 1.82) is 0 Å². The van der Waals surface area contributed by atoms with Gasteiger partial charge in [0.15, 0.2) is 5.84 Å². The third-order valence-corrected chi connectivity index (χ3v) is 6.90. The lowest BCUT2D eigenvalue weighted by molar-refractivity contribution is 0.592.